The van der Waals surface area contributed by atoms with Crippen molar-refractivity contribution in [1.82, 2.24) is 9.97 Å². The first-order chi connectivity index (χ1) is 9.84. The summed E-state index contributed by atoms with van der Waals surface area (Å²) in [4.78, 5) is 10.9. The quantitative estimate of drug-likeness (QED) is 0.737. The van der Waals surface area contributed by atoms with Crippen molar-refractivity contribution in [2.45, 2.75) is 32.6 Å². The van der Waals surface area contributed by atoms with Crippen LogP contribution in [0.5, 0.6) is 0 Å². The lowest BCUT2D eigenvalue weighted by atomic mass is 9.96. The largest absolute Gasteiger partial charge is 0.326 e. The van der Waals surface area contributed by atoms with Gasteiger partial charge in [-0.1, -0.05) is 38.4 Å². The minimum Gasteiger partial charge on any atom is -0.326 e. The van der Waals surface area contributed by atoms with Gasteiger partial charge in [-0.15, -0.1) is 0 Å². The van der Waals surface area contributed by atoms with E-state index >= 15 is 0 Å². The van der Waals surface area contributed by atoms with Crippen molar-refractivity contribution in [3.05, 3.63) is 46.6 Å². The fourth-order valence-corrected chi connectivity index (χ4v) is 2.65. The van der Waals surface area contributed by atoms with Gasteiger partial charge < -0.3 is 4.90 Å². The second kappa shape index (κ2) is 4.95. The molecule has 0 fully saturated rings. The van der Waals surface area contributed by atoms with E-state index in [2.05, 4.69) is 9.97 Å². The summed E-state index contributed by atoms with van der Waals surface area (Å²) < 4.78 is 13.5. The molecule has 1 aromatic carbocycles. The zero-order valence-corrected chi connectivity index (χ0v) is 13.1. The highest BCUT2D eigenvalue weighted by Gasteiger charge is 2.25. The lowest BCUT2D eigenvalue weighted by Crippen LogP contribution is -2.21. The standard InChI is InChI=1S/C16H17ClFN3/c1-16(2,3)15-19-13(17)9-14(20-15)21-7-6-10-4-5-11(18)8-12(10)21/h4-5,8-9H,6-7H2,1-3H3. The monoisotopic (exact) mass is 305 g/mol. The molecule has 1 aromatic heterocycles. The molecule has 5 heteroatoms. The molecule has 0 bridgehead atoms. The van der Waals surface area contributed by atoms with Crippen molar-refractivity contribution in [3.8, 4) is 0 Å². The summed E-state index contributed by atoms with van der Waals surface area (Å²) in [7, 11) is 0. The molecule has 0 amide bonds. The van der Waals surface area contributed by atoms with Gasteiger partial charge >= 0.3 is 0 Å². The molecule has 0 atom stereocenters. The Hall–Kier alpha value is -1.68. The zero-order valence-electron chi connectivity index (χ0n) is 12.3. The Kier molecular flexibility index (Phi) is 3.36. The first-order valence-corrected chi connectivity index (χ1v) is 7.33. The molecule has 0 saturated heterocycles. The molecule has 0 aliphatic carbocycles. The lowest BCUT2D eigenvalue weighted by molar-refractivity contribution is 0.545. The topological polar surface area (TPSA) is 29.0 Å². The maximum Gasteiger partial charge on any atom is 0.138 e. The fourth-order valence-electron chi connectivity index (χ4n) is 2.47. The van der Waals surface area contributed by atoms with Gasteiger partial charge in [-0.25, -0.2) is 14.4 Å². The highest BCUT2D eigenvalue weighted by atomic mass is 35.5. The van der Waals surface area contributed by atoms with Gasteiger partial charge in [0.2, 0.25) is 0 Å². The van der Waals surface area contributed by atoms with E-state index in [0.29, 0.717) is 11.0 Å². The Morgan fingerprint density at radius 1 is 1.19 bits per heavy atom. The van der Waals surface area contributed by atoms with E-state index in [9.17, 15) is 4.39 Å². The molecule has 110 valence electrons. The SMILES string of the molecule is CC(C)(C)c1nc(Cl)cc(N2CCc3ccc(F)cc32)n1. The Labute approximate surface area is 128 Å². The van der Waals surface area contributed by atoms with Gasteiger partial charge in [-0.05, 0) is 24.1 Å². The van der Waals surface area contributed by atoms with Crippen LogP contribution in [0.1, 0.15) is 32.2 Å². The smallest absolute Gasteiger partial charge is 0.138 e. The molecule has 3 rings (SSSR count). The number of anilines is 2. The number of benzene rings is 1. The van der Waals surface area contributed by atoms with Crippen LogP contribution in [0.4, 0.5) is 15.9 Å². The minimum absolute atomic E-state index is 0.190. The Balaban J connectivity index is 2.07. The van der Waals surface area contributed by atoms with Crippen molar-refractivity contribution in [1.29, 1.82) is 0 Å². The van der Waals surface area contributed by atoms with E-state index < -0.39 is 0 Å². The molecule has 0 spiro atoms. The van der Waals surface area contributed by atoms with Crippen LogP contribution in [0.15, 0.2) is 24.3 Å². The molecule has 0 saturated carbocycles. The third-order valence-corrected chi connectivity index (χ3v) is 3.77. The second-order valence-electron chi connectivity index (χ2n) is 6.30. The van der Waals surface area contributed by atoms with Gasteiger partial charge in [0.05, 0.1) is 0 Å². The summed E-state index contributed by atoms with van der Waals surface area (Å²) in [5, 5.41) is 0.412. The fraction of sp³-hybridized carbons (Fsp3) is 0.375. The normalized spacial score (nSPS) is 14.4. The summed E-state index contributed by atoms with van der Waals surface area (Å²) in [5.74, 6) is 1.18. The minimum atomic E-state index is -0.239. The van der Waals surface area contributed by atoms with Gasteiger partial charge in [-0.3, -0.25) is 0 Å². The molecular weight excluding hydrogens is 289 g/mol. The third-order valence-electron chi connectivity index (χ3n) is 3.57. The maximum atomic E-state index is 13.5. The number of hydrogen-bond donors (Lipinski definition) is 0. The van der Waals surface area contributed by atoms with E-state index in [1.54, 1.807) is 12.1 Å². The van der Waals surface area contributed by atoms with E-state index in [-0.39, 0.29) is 11.2 Å². The molecular formula is C16H17ClFN3. The third kappa shape index (κ3) is 2.72. The van der Waals surface area contributed by atoms with Crippen LogP contribution in [0.3, 0.4) is 0 Å². The highest BCUT2D eigenvalue weighted by molar-refractivity contribution is 6.29. The molecule has 2 aromatic rings. The first kappa shape index (κ1) is 14.3. The first-order valence-electron chi connectivity index (χ1n) is 6.95. The number of fused-ring (bicyclic) bond motifs is 1. The average Bonchev–Trinajstić information content (AvgIpc) is 2.79. The van der Waals surface area contributed by atoms with Gasteiger partial charge in [0.15, 0.2) is 0 Å². The summed E-state index contributed by atoms with van der Waals surface area (Å²) >= 11 is 6.14. The molecule has 1 aliphatic heterocycles. The lowest BCUT2D eigenvalue weighted by Gasteiger charge is -2.22. The van der Waals surface area contributed by atoms with Crippen LogP contribution in [0.25, 0.3) is 0 Å². The van der Waals surface area contributed by atoms with Crippen molar-refractivity contribution in [2.75, 3.05) is 11.4 Å². The summed E-state index contributed by atoms with van der Waals surface area (Å²) in [6, 6.07) is 6.61. The molecule has 0 radical (unpaired) electrons. The van der Waals surface area contributed by atoms with Crippen LogP contribution < -0.4 is 4.90 Å². The Bertz CT molecular complexity index is 694. The molecule has 21 heavy (non-hydrogen) atoms. The second-order valence-corrected chi connectivity index (χ2v) is 6.68. The number of halogens is 2. The number of rotatable bonds is 1. The zero-order chi connectivity index (χ0) is 15.2. The molecule has 3 nitrogen and oxygen atoms in total. The number of nitrogens with zero attached hydrogens (tertiary/aromatic N) is 3. The molecule has 0 unspecified atom stereocenters. The van der Waals surface area contributed by atoms with Crippen LogP contribution in [0, 0.1) is 5.82 Å². The summed E-state index contributed by atoms with van der Waals surface area (Å²) in [6.45, 7) is 6.90. The van der Waals surface area contributed by atoms with Crippen LogP contribution in [-0.2, 0) is 11.8 Å². The van der Waals surface area contributed by atoms with E-state index in [1.165, 1.54) is 6.07 Å². The highest BCUT2D eigenvalue weighted by Crippen LogP contribution is 2.35. The van der Waals surface area contributed by atoms with Crippen LogP contribution >= 0.6 is 11.6 Å². The predicted molar refractivity (Wildman–Crippen MR) is 82.9 cm³/mol. The van der Waals surface area contributed by atoms with E-state index in [4.69, 9.17) is 11.6 Å². The van der Waals surface area contributed by atoms with E-state index in [0.717, 1.165) is 30.0 Å². The predicted octanol–water partition coefficient (Wildman–Crippen LogP) is 4.26. The van der Waals surface area contributed by atoms with Crippen molar-refractivity contribution in [2.24, 2.45) is 0 Å². The van der Waals surface area contributed by atoms with Gasteiger partial charge in [0, 0.05) is 23.7 Å². The van der Waals surface area contributed by atoms with E-state index in [1.807, 2.05) is 31.7 Å². The number of aromatic nitrogens is 2. The van der Waals surface area contributed by atoms with Crippen LogP contribution in [0.2, 0.25) is 5.15 Å². The Morgan fingerprint density at radius 2 is 1.95 bits per heavy atom. The average molecular weight is 306 g/mol. The summed E-state index contributed by atoms with van der Waals surface area (Å²) in [6.07, 6.45) is 0.877. The van der Waals surface area contributed by atoms with Crippen molar-refractivity contribution < 1.29 is 4.39 Å². The maximum absolute atomic E-state index is 13.5. The molecule has 0 N–H and O–H groups in total. The van der Waals surface area contributed by atoms with Gasteiger partial charge in [0.1, 0.15) is 22.6 Å². The van der Waals surface area contributed by atoms with Crippen molar-refractivity contribution in [3.63, 3.8) is 0 Å². The number of hydrogen-bond acceptors (Lipinski definition) is 3. The van der Waals surface area contributed by atoms with Gasteiger partial charge in [0.25, 0.3) is 0 Å². The molecule has 2 heterocycles. The molecule has 1 aliphatic rings. The van der Waals surface area contributed by atoms with Crippen molar-refractivity contribution >= 4 is 23.1 Å². The Morgan fingerprint density at radius 3 is 2.67 bits per heavy atom. The van der Waals surface area contributed by atoms with Gasteiger partial charge in [-0.2, -0.15) is 0 Å². The summed E-state index contributed by atoms with van der Waals surface area (Å²) in [5.41, 5.74) is 1.80. The van der Waals surface area contributed by atoms with Crippen LogP contribution in [-0.4, -0.2) is 16.5 Å².